The van der Waals surface area contributed by atoms with Gasteiger partial charge in [0.05, 0.1) is 23.2 Å². The molecule has 5 nitrogen and oxygen atoms in total. The molecule has 1 aromatic heterocycles. The molecule has 1 amide bonds. The van der Waals surface area contributed by atoms with Crippen LogP contribution in [0.25, 0.3) is 11.3 Å². The quantitative estimate of drug-likeness (QED) is 0.529. The van der Waals surface area contributed by atoms with Crippen molar-refractivity contribution >= 4 is 17.5 Å². The fraction of sp³-hybridized carbons (Fsp3) is 0.333. The summed E-state index contributed by atoms with van der Waals surface area (Å²) in [6.45, 7) is 5.68. The summed E-state index contributed by atoms with van der Waals surface area (Å²) in [7, 11) is 0. The molecule has 30 heavy (non-hydrogen) atoms. The largest absolute Gasteiger partial charge is 0.376 e. The van der Waals surface area contributed by atoms with Gasteiger partial charge in [-0.2, -0.15) is 0 Å². The fourth-order valence-corrected chi connectivity index (χ4v) is 4.07. The van der Waals surface area contributed by atoms with Crippen molar-refractivity contribution in [3.05, 3.63) is 75.9 Å². The van der Waals surface area contributed by atoms with Crippen LogP contribution in [0.4, 0.5) is 0 Å². The predicted octanol–water partition coefficient (Wildman–Crippen LogP) is 5.43. The summed E-state index contributed by atoms with van der Waals surface area (Å²) < 4.78 is 11.4. The molecule has 1 fully saturated rings. The maximum atomic E-state index is 13.3. The summed E-state index contributed by atoms with van der Waals surface area (Å²) in [5, 5.41) is 4.67. The first-order chi connectivity index (χ1) is 14.5. The van der Waals surface area contributed by atoms with Gasteiger partial charge in [-0.15, -0.1) is 0 Å². The summed E-state index contributed by atoms with van der Waals surface area (Å²) in [5.41, 5.74) is 4.51. The van der Waals surface area contributed by atoms with Gasteiger partial charge in [0.2, 0.25) is 0 Å². The first kappa shape index (κ1) is 20.6. The highest BCUT2D eigenvalue weighted by atomic mass is 35.5. The summed E-state index contributed by atoms with van der Waals surface area (Å²) >= 11 is 6.28. The molecule has 0 spiro atoms. The van der Waals surface area contributed by atoms with Crippen LogP contribution >= 0.6 is 11.6 Å². The maximum Gasteiger partial charge on any atom is 0.255 e. The fourth-order valence-electron chi connectivity index (χ4n) is 3.86. The third-order valence-corrected chi connectivity index (χ3v) is 5.73. The molecular weight excluding hydrogens is 400 g/mol. The van der Waals surface area contributed by atoms with Gasteiger partial charge < -0.3 is 14.2 Å². The Morgan fingerprint density at radius 3 is 2.77 bits per heavy atom. The maximum absolute atomic E-state index is 13.3. The molecule has 2 aromatic carbocycles. The second-order valence-corrected chi connectivity index (χ2v) is 8.21. The van der Waals surface area contributed by atoms with E-state index >= 15 is 0 Å². The number of carbonyl (C=O) groups is 1. The number of carbonyl (C=O) groups excluding carboxylic acids is 1. The van der Waals surface area contributed by atoms with Crippen molar-refractivity contribution in [1.82, 2.24) is 10.1 Å². The van der Waals surface area contributed by atoms with Crippen molar-refractivity contribution in [3.63, 3.8) is 0 Å². The van der Waals surface area contributed by atoms with Gasteiger partial charge in [-0.3, -0.25) is 4.79 Å². The molecule has 3 aromatic rings. The number of aryl methyl sites for hydroxylation is 2. The average molecular weight is 425 g/mol. The molecule has 156 valence electrons. The van der Waals surface area contributed by atoms with E-state index in [0.29, 0.717) is 35.1 Å². The van der Waals surface area contributed by atoms with Crippen LogP contribution in [0.5, 0.6) is 0 Å². The monoisotopic (exact) mass is 424 g/mol. The average Bonchev–Trinajstić information content (AvgIpc) is 3.40. The van der Waals surface area contributed by atoms with E-state index in [0.717, 1.165) is 30.6 Å². The Hall–Kier alpha value is -2.63. The molecule has 0 N–H and O–H groups in total. The Labute approximate surface area is 181 Å². The summed E-state index contributed by atoms with van der Waals surface area (Å²) in [6, 6.07) is 15.2. The molecule has 2 heterocycles. The number of rotatable bonds is 6. The Kier molecular flexibility index (Phi) is 6.21. The standard InChI is InChI=1S/C24H25ClN2O3/c1-16-9-10-20(17(2)12-16)23-13-18(26-30-23)14-27(15-19-6-5-11-29-19)24(28)21-7-3-4-8-22(21)25/h3-4,7-10,12-13,19H,5-6,11,14-15H2,1-2H3. The zero-order valence-corrected chi connectivity index (χ0v) is 18.0. The van der Waals surface area contributed by atoms with Crippen molar-refractivity contribution in [3.8, 4) is 11.3 Å². The van der Waals surface area contributed by atoms with Gasteiger partial charge in [0.15, 0.2) is 5.76 Å². The molecule has 1 aliphatic rings. The van der Waals surface area contributed by atoms with Crippen LogP contribution in [0, 0.1) is 13.8 Å². The first-order valence-electron chi connectivity index (χ1n) is 10.2. The number of aromatic nitrogens is 1. The summed E-state index contributed by atoms with van der Waals surface area (Å²) in [4.78, 5) is 15.0. The zero-order chi connectivity index (χ0) is 21.1. The van der Waals surface area contributed by atoms with Gasteiger partial charge in [0, 0.05) is 24.8 Å². The van der Waals surface area contributed by atoms with E-state index in [1.54, 1.807) is 17.0 Å². The molecule has 0 saturated carbocycles. The van der Waals surface area contributed by atoms with E-state index in [2.05, 4.69) is 31.1 Å². The van der Waals surface area contributed by atoms with Crippen molar-refractivity contribution < 1.29 is 14.1 Å². The number of nitrogens with zero attached hydrogens (tertiary/aromatic N) is 2. The third-order valence-electron chi connectivity index (χ3n) is 5.40. The second-order valence-electron chi connectivity index (χ2n) is 7.80. The highest BCUT2D eigenvalue weighted by molar-refractivity contribution is 6.33. The lowest BCUT2D eigenvalue weighted by Gasteiger charge is -2.25. The number of ether oxygens (including phenoxy) is 1. The topological polar surface area (TPSA) is 55.6 Å². The van der Waals surface area contributed by atoms with Crippen molar-refractivity contribution in [2.45, 2.75) is 39.3 Å². The van der Waals surface area contributed by atoms with Gasteiger partial charge in [-0.05, 0) is 44.4 Å². The number of hydrogen-bond acceptors (Lipinski definition) is 4. The molecule has 1 aliphatic heterocycles. The number of amides is 1. The van der Waals surface area contributed by atoms with Crippen LogP contribution in [0.3, 0.4) is 0 Å². The third kappa shape index (κ3) is 4.58. The molecule has 6 heteroatoms. The molecule has 1 saturated heterocycles. The molecule has 0 bridgehead atoms. The van der Waals surface area contributed by atoms with E-state index in [4.69, 9.17) is 20.9 Å². The lowest BCUT2D eigenvalue weighted by atomic mass is 10.0. The van der Waals surface area contributed by atoms with E-state index in [1.165, 1.54) is 5.56 Å². The van der Waals surface area contributed by atoms with Crippen LogP contribution < -0.4 is 0 Å². The lowest BCUT2D eigenvalue weighted by Crippen LogP contribution is -2.37. The minimum absolute atomic E-state index is 0.0298. The van der Waals surface area contributed by atoms with Crippen LogP contribution in [-0.2, 0) is 11.3 Å². The van der Waals surface area contributed by atoms with Crippen LogP contribution in [0.2, 0.25) is 5.02 Å². The summed E-state index contributed by atoms with van der Waals surface area (Å²) in [6.07, 6.45) is 1.99. The summed E-state index contributed by atoms with van der Waals surface area (Å²) in [5.74, 6) is 0.567. The minimum Gasteiger partial charge on any atom is -0.376 e. The number of halogens is 1. The Morgan fingerprint density at radius 2 is 2.03 bits per heavy atom. The highest BCUT2D eigenvalue weighted by Gasteiger charge is 2.26. The normalized spacial score (nSPS) is 16.0. The number of hydrogen-bond donors (Lipinski definition) is 0. The molecular formula is C24H25ClN2O3. The van der Waals surface area contributed by atoms with Crippen molar-refractivity contribution in [1.29, 1.82) is 0 Å². The molecule has 4 rings (SSSR count). The molecule has 0 aliphatic carbocycles. The van der Waals surface area contributed by atoms with E-state index in [9.17, 15) is 4.79 Å². The van der Waals surface area contributed by atoms with Crippen molar-refractivity contribution in [2.24, 2.45) is 0 Å². The second kappa shape index (κ2) is 9.02. The van der Waals surface area contributed by atoms with Gasteiger partial charge in [-0.1, -0.05) is 52.7 Å². The predicted molar refractivity (Wildman–Crippen MR) is 117 cm³/mol. The Bertz CT molecular complexity index is 1040. The Morgan fingerprint density at radius 1 is 1.20 bits per heavy atom. The van der Waals surface area contributed by atoms with E-state index in [-0.39, 0.29) is 12.0 Å². The van der Waals surface area contributed by atoms with E-state index < -0.39 is 0 Å². The SMILES string of the molecule is Cc1ccc(-c2cc(CN(CC3CCCO3)C(=O)c3ccccc3Cl)no2)c(C)c1. The van der Waals surface area contributed by atoms with E-state index in [1.807, 2.05) is 24.3 Å². The molecule has 1 atom stereocenters. The smallest absolute Gasteiger partial charge is 0.255 e. The molecule has 1 unspecified atom stereocenters. The highest BCUT2D eigenvalue weighted by Crippen LogP contribution is 2.26. The first-order valence-corrected chi connectivity index (χ1v) is 10.6. The molecule has 0 radical (unpaired) electrons. The number of benzene rings is 2. The van der Waals surface area contributed by atoms with Gasteiger partial charge in [0.25, 0.3) is 5.91 Å². The van der Waals surface area contributed by atoms with Crippen LogP contribution in [0.1, 0.15) is 40.0 Å². The van der Waals surface area contributed by atoms with Gasteiger partial charge in [0.1, 0.15) is 5.69 Å². The lowest BCUT2D eigenvalue weighted by molar-refractivity contribution is 0.0502. The Balaban J connectivity index is 1.58. The van der Waals surface area contributed by atoms with Crippen LogP contribution in [-0.4, -0.2) is 35.2 Å². The zero-order valence-electron chi connectivity index (χ0n) is 17.2. The van der Waals surface area contributed by atoms with Crippen LogP contribution in [0.15, 0.2) is 53.1 Å². The van der Waals surface area contributed by atoms with Crippen molar-refractivity contribution in [2.75, 3.05) is 13.2 Å². The van der Waals surface area contributed by atoms with Gasteiger partial charge >= 0.3 is 0 Å². The minimum atomic E-state index is -0.132. The van der Waals surface area contributed by atoms with Gasteiger partial charge in [-0.25, -0.2) is 0 Å².